The largest absolute Gasteiger partial charge is 0.493 e. The first-order chi connectivity index (χ1) is 12.4. The van der Waals surface area contributed by atoms with Gasteiger partial charge in [0, 0.05) is 36.9 Å². The van der Waals surface area contributed by atoms with E-state index in [0.29, 0.717) is 6.04 Å². The van der Waals surface area contributed by atoms with Gasteiger partial charge in [-0.05, 0) is 50.6 Å². The Kier molecular flexibility index (Phi) is 5.42. The second-order valence-corrected chi connectivity index (χ2v) is 7.69. The smallest absolute Gasteiger partial charge is 0.161 e. The van der Waals surface area contributed by atoms with Crippen LogP contribution in [-0.2, 0) is 6.54 Å². The Labute approximate surface area is 157 Å². The van der Waals surface area contributed by atoms with Gasteiger partial charge < -0.3 is 14.4 Å². The van der Waals surface area contributed by atoms with Gasteiger partial charge in [0.15, 0.2) is 11.5 Å². The van der Waals surface area contributed by atoms with Gasteiger partial charge >= 0.3 is 0 Å². The highest BCUT2D eigenvalue weighted by Gasteiger charge is 2.38. The SMILES string of the molecule is COc1ccc(CN2[C@@H](C)CN(c3ccccc3)CC2(C)C)cc1OC. The third-order valence-electron chi connectivity index (χ3n) is 5.29. The third-order valence-corrected chi connectivity index (χ3v) is 5.29. The van der Waals surface area contributed by atoms with Gasteiger partial charge in [-0.2, -0.15) is 0 Å². The molecule has 0 radical (unpaired) electrons. The van der Waals surface area contributed by atoms with Gasteiger partial charge in [-0.1, -0.05) is 24.3 Å². The van der Waals surface area contributed by atoms with E-state index in [0.717, 1.165) is 31.1 Å². The lowest BCUT2D eigenvalue weighted by Crippen LogP contribution is -2.62. The monoisotopic (exact) mass is 354 g/mol. The molecule has 1 aliphatic heterocycles. The predicted octanol–water partition coefficient (Wildman–Crippen LogP) is 4.19. The Morgan fingerprint density at radius 2 is 1.69 bits per heavy atom. The summed E-state index contributed by atoms with van der Waals surface area (Å²) < 4.78 is 10.8. The lowest BCUT2D eigenvalue weighted by atomic mass is 9.93. The zero-order valence-electron chi connectivity index (χ0n) is 16.5. The third kappa shape index (κ3) is 3.80. The number of anilines is 1. The summed E-state index contributed by atoms with van der Waals surface area (Å²) in [6.45, 7) is 9.92. The zero-order chi connectivity index (χ0) is 18.7. The molecule has 0 amide bonds. The van der Waals surface area contributed by atoms with E-state index in [1.54, 1.807) is 14.2 Å². The second-order valence-electron chi connectivity index (χ2n) is 7.69. The Morgan fingerprint density at radius 1 is 1.00 bits per heavy atom. The average molecular weight is 354 g/mol. The van der Waals surface area contributed by atoms with Crippen molar-refractivity contribution in [1.82, 2.24) is 4.90 Å². The maximum atomic E-state index is 5.47. The molecule has 4 heteroatoms. The molecule has 1 aliphatic rings. The molecule has 0 unspecified atom stereocenters. The van der Waals surface area contributed by atoms with E-state index in [9.17, 15) is 0 Å². The van der Waals surface area contributed by atoms with Crippen LogP contribution >= 0.6 is 0 Å². The minimum Gasteiger partial charge on any atom is -0.493 e. The van der Waals surface area contributed by atoms with Gasteiger partial charge in [0.25, 0.3) is 0 Å². The van der Waals surface area contributed by atoms with Crippen molar-refractivity contribution in [3.63, 3.8) is 0 Å². The Morgan fingerprint density at radius 3 is 2.31 bits per heavy atom. The van der Waals surface area contributed by atoms with Crippen LogP contribution in [0, 0.1) is 0 Å². The highest BCUT2D eigenvalue weighted by atomic mass is 16.5. The fourth-order valence-electron chi connectivity index (χ4n) is 4.02. The van der Waals surface area contributed by atoms with E-state index in [1.807, 2.05) is 6.07 Å². The maximum absolute atomic E-state index is 5.47. The summed E-state index contributed by atoms with van der Waals surface area (Å²) in [4.78, 5) is 5.09. The van der Waals surface area contributed by atoms with E-state index in [1.165, 1.54) is 11.3 Å². The zero-order valence-corrected chi connectivity index (χ0v) is 16.5. The normalized spacial score (nSPS) is 20.0. The summed E-state index contributed by atoms with van der Waals surface area (Å²) in [5.74, 6) is 1.57. The van der Waals surface area contributed by atoms with Crippen LogP contribution in [0.5, 0.6) is 11.5 Å². The molecule has 2 aromatic rings. The van der Waals surface area contributed by atoms with E-state index in [2.05, 4.69) is 73.0 Å². The van der Waals surface area contributed by atoms with Crippen molar-refractivity contribution in [2.75, 3.05) is 32.2 Å². The van der Waals surface area contributed by atoms with Crippen LogP contribution in [0.2, 0.25) is 0 Å². The molecule has 0 bridgehead atoms. The minimum absolute atomic E-state index is 0.0701. The summed E-state index contributed by atoms with van der Waals surface area (Å²) in [6.07, 6.45) is 0. The molecule has 0 saturated carbocycles. The van der Waals surface area contributed by atoms with Crippen LogP contribution in [0.1, 0.15) is 26.3 Å². The minimum atomic E-state index is 0.0701. The number of hydrogen-bond donors (Lipinski definition) is 0. The van der Waals surface area contributed by atoms with Crippen molar-refractivity contribution in [2.45, 2.75) is 38.9 Å². The van der Waals surface area contributed by atoms with Crippen LogP contribution in [-0.4, -0.2) is 43.8 Å². The Bertz CT molecular complexity index is 730. The molecular formula is C22H30N2O2. The summed E-state index contributed by atoms with van der Waals surface area (Å²) in [6, 6.07) is 17.4. The number of nitrogens with zero attached hydrogens (tertiary/aromatic N) is 2. The molecule has 1 saturated heterocycles. The molecule has 140 valence electrons. The van der Waals surface area contributed by atoms with Gasteiger partial charge in [0.1, 0.15) is 0 Å². The van der Waals surface area contributed by atoms with Gasteiger partial charge in [0.2, 0.25) is 0 Å². The molecule has 0 N–H and O–H groups in total. The van der Waals surface area contributed by atoms with Gasteiger partial charge in [-0.3, -0.25) is 4.90 Å². The number of piperazine rings is 1. The number of methoxy groups -OCH3 is 2. The van der Waals surface area contributed by atoms with Crippen molar-refractivity contribution in [3.8, 4) is 11.5 Å². The fraction of sp³-hybridized carbons (Fsp3) is 0.455. The van der Waals surface area contributed by atoms with Crippen molar-refractivity contribution in [3.05, 3.63) is 54.1 Å². The van der Waals surface area contributed by atoms with Crippen molar-refractivity contribution in [2.24, 2.45) is 0 Å². The molecular weight excluding hydrogens is 324 g/mol. The molecule has 1 heterocycles. The van der Waals surface area contributed by atoms with Gasteiger partial charge in [-0.25, -0.2) is 0 Å². The lowest BCUT2D eigenvalue weighted by Gasteiger charge is -2.51. The average Bonchev–Trinajstić information content (AvgIpc) is 2.64. The molecule has 26 heavy (non-hydrogen) atoms. The summed E-state index contributed by atoms with van der Waals surface area (Å²) in [7, 11) is 3.36. The number of hydrogen-bond acceptors (Lipinski definition) is 4. The van der Waals surface area contributed by atoms with Gasteiger partial charge in [0.05, 0.1) is 14.2 Å². The second kappa shape index (κ2) is 7.58. The molecule has 0 aliphatic carbocycles. The van der Waals surface area contributed by atoms with Crippen molar-refractivity contribution >= 4 is 5.69 Å². The molecule has 2 aromatic carbocycles. The number of rotatable bonds is 5. The summed E-state index contributed by atoms with van der Waals surface area (Å²) in [5, 5.41) is 0. The van der Waals surface area contributed by atoms with E-state index in [-0.39, 0.29) is 5.54 Å². The number of ether oxygens (including phenoxy) is 2. The van der Waals surface area contributed by atoms with Crippen molar-refractivity contribution in [1.29, 1.82) is 0 Å². The standard InChI is InChI=1S/C22H30N2O2/c1-17-14-23(19-9-7-6-8-10-19)16-22(2,3)24(17)15-18-11-12-20(25-4)21(13-18)26-5/h6-13,17H,14-16H2,1-5H3/t17-/m0/s1. The molecule has 0 aromatic heterocycles. The first kappa shape index (κ1) is 18.6. The van der Waals surface area contributed by atoms with E-state index in [4.69, 9.17) is 9.47 Å². The lowest BCUT2D eigenvalue weighted by molar-refractivity contribution is 0.0505. The van der Waals surface area contributed by atoms with Crippen LogP contribution in [0.15, 0.2) is 48.5 Å². The van der Waals surface area contributed by atoms with Crippen LogP contribution in [0.3, 0.4) is 0 Å². The van der Waals surface area contributed by atoms with Crippen LogP contribution in [0.25, 0.3) is 0 Å². The molecule has 4 nitrogen and oxygen atoms in total. The Balaban J connectivity index is 1.79. The summed E-state index contributed by atoms with van der Waals surface area (Å²) >= 11 is 0. The first-order valence-corrected chi connectivity index (χ1v) is 9.22. The highest BCUT2D eigenvalue weighted by Crippen LogP contribution is 2.33. The Hall–Kier alpha value is -2.20. The van der Waals surface area contributed by atoms with Crippen LogP contribution < -0.4 is 14.4 Å². The topological polar surface area (TPSA) is 24.9 Å². The van der Waals surface area contributed by atoms with E-state index < -0.39 is 0 Å². The summed E-state index contributed by atoms with van der Waals surface area (Å²) in [5.41, 5.74) is 2.62. The maximum Gasteiger partial charge on any atom is 0.161 e. The number of benzene rings is 2. The highest BCUT2D eigenvalue weighted by molar-refractivity contribution is 5.47. The molecule has 1 atom stereocenters. The molecule has 0 spiro atoms. The van der Waals surface area contributed by atoms with Crippen molar-refractivity contribution < 1.29 is 9.47 Å². The van der Waals surface area contributed by atoms with E-state index >= 15 is 0 Å². The molecule has 3 rings (SSSR count). The predicted molar refractivity (Wildman–Crippen MR) is 107 cm³/mol. The quantitative estimate of drug-likeness (QED) is 0.804. The number of para-hydroxylation sites is 1. The first-order valence-electron chi connectivity index (χ1n) is 9.22. The van der Waals surface area contributed by atoms with Crippen LogP contribution in [0.4, 0.5) is 5.69 Å². The van der Waals surface area contributed by atoms with Gasteiger partial charge in [-0.15, -0.1) is 0 Å². The molecule has 1 fully saturated rings. The fourth-order valence-corrected chi connectivity index (χ4v) is 4.02.